The Balaban J connectivity index is 1.96. The third-order valence-corrected chi connectivity index (χ3v) is 3.78. The van der Waals surface area contributed by atoms with Crippen LogP contribution in [0.25, 0.3) is 11.1 Å². The minimum absolute atomic E-state index is 0.684. The molecule has 0 aliphatic heterocycles. The molecule has 0 aliphatic carbocycles. The smallest absolute Gasteiger partial charge is 0.119 e. The number of hydrogen-bond donors (Lipinski definition) is 0. The van der Waals surface area contributed by atoms with Crippen LogP contribution < -0.4 is 4.74 Å². The van der Waals surface area contributed by atoms with Crippen molar-refractivity contribution in [1.29, 1.82) is 5.26 Å². The van der Waals surface area contributed by atoms with Crippen molar-refractivity contribution in [2.45, 2.75) is 26.7 Å². The molecule has 0 radical (unpaired) electrons. The van der Waals surface area contributed by atoms with Crippen molar-refractivity contribution in [2.24, 2.45) is 5.92 Å². The van der Waals surface area contributed by atoms with Crippen molar-refractivity contribution in [3.63, 3.8) is 0 Å². The van der Waals surface area contributed by atoms with Crippen LogP contribution in [0.3, 0.4) is 0 Å². The predicted octanol–water partition coefficient (Wildman–Crippen LogP) is 5.04. The van der Waals surface area contributed by atoms with Gasteiger partial charge in [-0.2, -0.15) is 5.26 Å². The van der Waals surface area contributed by atoms with Gasteiger partial charge in [-0.25, -0.2) is 0 Å². The first kappa shape index (κ1) is 15.1. The fourth-order valence-electron chi connectivity index (χ4n) is 2.06. The number of benzene rings is 2. The summed E-state index contributed by atoms with van der Waals surface area (Å²) in [5.74, 6) is 1.62. The van der Waals surface area contributed by atoms with Crippen LogP contribution >= 0.6 is 0 Å². The van der Waals surface area contributed by atoms with Crippen LogP contribution in [0.1, 0.15) is 32.3 Å². The molecule has 0 saturated heterocycles. The van der Waals surface area contributed by atoms with E-state index in [1.807, 2.05) is 36.4 Å². The van der Waals surface area contributed by atoms with E-state index in [1.54, 1.807) is 0 Å². The standard InChI is InChI=1S/C19H21NO/c1-3-15(2)12-13-21-19-10-8-18(9-11-19)17-6-4-16(14-20)5-7-17/h4-11,15H,3,12-13H2,1-2H3/t15-/m0/s1. The minimum Gasteiger partial charge on any atom is -0.494 e. The second-order valence-electron chi connectivity index (χ2n) is 5.36. The molecular weight excluding hydrogens is 258 g/mol. The van der Waals surface area contributed by atoms with E-state index < -0.39 is 0 Å². The lowest BCUT2D eigenvalue weighted by atomic mass is 10.0. The molecule has 0 fully saturated rings. The van der Waals surface area contributed by atoms with Crippen LogP contribution in [0.5, 0.6) is 5.75 Å². The number of rotatable bonds is 6. The van der Waals surface area contributed by atoms with Crippen molar-refractivity contribution in [3.05, 3.63) is 54.1 Å². The quantitative estimate of drug-likeness (QED) is 0.742. The summed E-state index contributed by atoms with van der Waals surface area (Å²) in [6, 6.07) is 17.9. The van der Waals surface area contributed by atoms with E-state index >= 15 is 0 Å². The maximum absolute atomic E-state index is 8.81. The van der Waals surface area contributed by atoms with Crippen molar-refractivity contribution in [1.82, 2.24) is 0 Å². The van der Waals surface area contributed by atoms with E-state index in [1.165, 1.54) is 6.42 Å². The first-order valence-corrected chi connectivity index (χ1v) is 7.46. The molecule has 0 spiro atoms. The maximum Gasteiger partial charge on any atom is 0.119 e. The molecule has 0 N–H and O–H groups in total. The van der Waals surface area contributed by atoms with Crippen molar-refractivity contribution >= 4 is 0 Å². The summed E-state index contributed by atoms with van der Waals surface area (Å²) < 4.78 is 5.76. The zero-order chi connectivity index (χ0) is 15.1. The highest BCUT2D eigenvalue weighted by molar-refractivity contribution is 5.64. The molecule has 0 aromatic heterocycles. The largest absolute Gasteiger partial charge is 0.494 e. The first-order valence-electron chi connectivity index (χ1n) is 7.46. The van der Waals surface area contributed by atoms with E-state index in [-0.39, 0.29) is 0 Å². The second-order valence-corrected chi connectivity index (χ2v) is 5.36. The van der Waals surface area contributed by atoms with Crippen molar-refractivity contribution < 1.29 is 4.74 Å². The second kappa shape index (κ2) is 7.50. The van der Waals surface area contributed by atoms with Gasteiger partial charge in [0, 0.05) is 0 Å². The van der Waals surface area contributed by atoms with E-state index in [2.05, 4.69) is 32.0 Å². The Morgan fingerprint density at radius 2 is 1.57 bits per heavy atom. The topological polar surface area (TPSA) is 33.0 Å². The lowest BCUT2D eigenvalue weighted by Gasteiger charge is -2.10. The van der Waals surface area contributed by atoms with Gasteiger partial charge in [0.2, 0.25) is 0 Å². The van der Waals surface area contributed by atoms with E-state index in [9.17, 15) is 0 Å². The Morgan fingerprint density at radius 1 is 1.00 bits per heavy atom. The molecule has 0 unspecified atom stereocenters. The molecule has 0 saturated carbocycles. The molecule has 2 nitrogen and oxygen atoms in total. The maximum atomic E-state index is 8.81. The van der Waals surface area contributed by atoms with Gasteiger partial charge in [-0.15, -0.1) is 0 Å². The van der Waals surface area contributed by atoms with Crippen LogP contribution in [0, 0.1) is 17.2 Å². The fourth-order valence-corrected chi connectivity index (χ4v) is 2.06. The molecular formula is C19H21NO. The van der Waals surface area contributed by atoms with Crippen LogP contribution in [0.15, 0.2) is 48.5 Å². The molecule has 0 aliphatic rings. The van der Waals surface area contributed by atoms with Crippen molar-refractivity contribution in [3.8, 4) is 22.9 Å². The Labute approximate surface area is 127 Å². The molecule has 2 aromatic carbocycles. The zero-order valence-corrected chi connectivity index (χ0v) is 12.7. The summed E-state index contributed by atoms with van der Waals surface area (Å²) in [5.41, 5.74) is 2.93. The SMILES string of the molecule is CC[C@H](C)CCOc1ccc(-c2ccc(C#N)cc2)cc1. The third-order valence-electron chi connectivity index (χ3n) is 3.78. The molecule has 2 aromatic rings. The Hall–Kier alpha value is -2.27. The van der Waals surface area contributed by atoms with Gasteiger partial charge in [-0.3, -0.25) is 0 Å². The van der Waals surface area contributed by atoms with Crippen LogP contribution in [-0.4, -0.2) is 6.61 Å². The molecule has 2 rings (SSSR count). The van der Waals surface area contributed by atoms with Gasteiger partial charge in [-0.1, -0.05) is 44.5 Å². The van der Waals surface area contributed by atoms with E-state index in [0.29, 0.717) is 11.5 Å². The lowest BCUT2D eigenvalue weighted by molar-refractivity contribution is 0.282. The summed E-state index contributed by atoms with van der Waals surface area (Å²) in [6.07, 6.45) is 2.29. The van der Waals surface area contributed by atoms with E-state index in [0.717, 1.165) is 29.9 Å². The molecule has 2 heteroatoms. The highest BCUT2D eigenvalue weighted by atomic mass is 16.5. The number of nitriles is 1. The van der Waals surface area contributed by atoms with Crippen LogP contribution in [0.2, 0.25) is 0 Å². The summed E-state index contributed by atoms with van der Waals surface area (Å²) in [7, 11) is 0. The zero-order valence-electron chi connectivity index (χ0n) is 12.7. The Morgan fingerprint density at radius 3 is 2.10 bits per heavy atom. The Bertz CT molecular complexity index is 593. The number of hydrogen-bond acceptors (Lipinski definition) is 2. The van der Waals surface area contributed by atoms with Gasteiger partial charge in [0.05, 0.1) is 18.2 Å². The number of ether oxygens (including phenoxy) is 1. The molecule has 0 bridgehead atoms. The van der Waals surface area contributed by atoms with Crippen molar-refractivity contribution in [2.75, 3.05) is 6.61 Å². The van der Waals surface area contributed by atoms with Gasteiger partial charge < -0.3 is 4.74 Å². The van der Waals surface area contributed by atoms with Gasteiger partial charge in [0.25, 0.3) is 0 Å². The lowest BCUT2D eigenvalue weighted by Crippen LogP contribution is -2.03. The summed E-state index contributed by atoms with van der Waals surface area (Å²) in [6.45, 7) is 5.22. The molecule has 1 atom stereocenters. The number of nitrogens with zero attached hydrogens (tertiary/aromatic N) is 1. The normalized spacial score (nSPS) is 11.7. The van der Waals surface area contributed by atoms with Gasteiger partial charge in [0.1, 0.15) is 5.75 Å². The van der Waals surface area contributed by atoms with Gasteiger partial charge in [0.15, 0.2) is 0 Å². The Kier molecular flexibility index (Phi) is 5.40. The summed E-state index contributed by atoms with van der Waals surface area (Å²) >= 11 is 0. The summed E-state index contributed by atoms with van der Waals surface area (Å²) in [4.78, 5) is 0. The molecule has 108 valence electrons. The van der Waals surface area contributed by atoms with Crippen LogP contribution in [0.4, 0.5) is 0 Å². The monoisotopic (exact) mass is 279 g/mol. The van der Waals surface area contributed by atoms with Gasteiger partial charge >= 0.3 is 0 Å². The highest BCUT2D eigenvalue weighted by Crippen LogP contribution is 2.23. The molecule has 0 heterocycles. The predicted molar refractivity (Wildman–Crippen MR) is 86.2 cm³/mol. The summed E-state index contributed by atoms with van der Waals surface area (Å²) in [5, 5.41) is 8.81. The first-order chi connectivity index (χ1) is 10.2. The van der Waals surface area contributed by atoms with E-state index in [4.69, 9.17) is 10.00 Å². The average molecular weight is 279 g/mol. The van der Waals surface area contributed by atoms with Gasteiger partial charge in [-0.05, 0) is 47.7 Å². The average Bonchev–Trinajstić information content (AvgIpc) is 2.55. The fraction of sp³-hybridized carbons (Fsp3) is 0.316. The third kappa shape index (κ3) is 4.36. The highest BCUT2D eigenvalue weighted by Gasteiger charge is 2.01. The molecule has 0 amide bonds. The molecule has 21 heavy (non-hydrogen) atoms. The minimum atomic E-state index is 0.684. The van der Waals surface area contributed by atoms with Crippen LogP contribution in [-0.2, 0) is 0 Å².